The summed E-state index contributed by atoms with van der Waals surface area (Å²) in [4.78, 5) is 17.2. The predicted molar refractivity (Wildman–Crippen MR) is 73.8 cm³/mol. The number of hydrogen-bond donors (Lipinski definition) is 0. The number of pyridine rings is 2. The highest BCUT2D eigenvalue weighted by Gasteiger charge is 2.08. The van der Waals surface area contributed by atoms with Crippen LogP contribution in [0.1, 0.15) is 0 Å². The van der Waals surface area contributed by atoms with Crippen LogP contribution in [0.25, 0.3) is 31.1 Å². The van der Waals surface area contributed by atoms with Crippen molar-refractivity contribution in [3.05, 3.63) is 36.2 Å². The first kappa shape index (κ1) is 10.0. The average Bonchev–Trinajstić information content (AvgIpc) is 3.04. The maximum Gasteiger partial charge on any atom is 0.170 e. The number of thiazole rings is 2. The molecule has 0 spiro atoms. The van der Waals surface area contributed by atoms with Crippen LogP contribution in [0.4, 0.5) is 0 Å². The second-order valence-corrected chi connectivity index (χ2v) is 5.68. The molecule has 86 valence electrons. The lowest BCUT2D eigenvalue weighted by atomic mass is 10.3. The number of nitrogens with zero attached hydrogens (tertiary/aromatic N) is 4. The Morgan fingerprint density at radius 2 is 2.06 bits per heavy atom. The predicted octanol–water partition coefficient (Wildman–Crippen LogP) is 3.36. The first-order valence-corrected chi connectivity index (χ1v) is 7.00. The molecule has 0 aromatic carbocycles. The molecule has 0 saturated carbocycles. The van der Waals surface area contributed by atoms with E-state index in [9.17, 15) is 0 Å². The monoisotopic (exact) mass is 270 g/mol. The van der Waals surface area contributed by atoms with Crippen molar-refractivity contribution in [2.45, 2.75) is 0 Å². The summed E-state index contributed by atoms with van der Waals surface area (Å²) in [6.07, 6.45) is 5.43. The molecular formula is C12H6N4S2. The molecule has 18 heavy (non-hydrogen) atoms. The molecule has 0 fully saturated rings. The maximum absolute atomic E-state index is 4.60. The van der Waals surface area contributed by atoms with Crippen molar-refractivity contribution in [3.63, 3.8) is 0 Å². The van der Waals surface area contributed by atoms with Gasteiger partial charge >= 0.3 is 0 Å². The minimum atomic E-state index is 0.798. The molecule has 0 aliphatic heterocycles. The highest BCUT2D eigenvalue weighted by molar-refractivity contribution is 7.21. The van der Waals surface area contributed by atoms with E-state index in [-0.39, 0.29) is 0 Å². The van der Waals surface area contributed by atoms with Crippen molar-refractivity contribution in [3.8, 4) is 10.6 Å². The van der Waals surface area contributed by atoms with Crippen molar-refractivity contribution in [1.29, 1.82) is 0 Å². The normalized spacial score (nSPS) is 11.3. The summed E-state index contributed by atoms with van der Waals surface area (Å²) in [6, 6.07) is 4.01. The third-order valence-electron chi connectivity index (χ3n) is 2.63. The second-order valence-electron chi connectivity index (χ2n) is 3.76. The third-order valence-corrected chi connectivity index (χ3v) is 4.45. The zero-order chi connectivity index (χ0) is 11.9. The molecule has 4 nitrogen and oxygen atoms in total. The molecule has 4 aromatic rings. The van der Waals surface area contributed by atoms with E-state index in [0.29, 0.717) is 0 Å². The molecular weight excluding hydrogens is 264 g/mol. The van der Waals surface area contributed by atoms with Crippen LogP contribution >= 0.6 is 22.7 Å². The molecule has 0 N–H and O–H groups in total. The van der Waals surface area contributed by atoms with Gasteiger partial charge in [-0.05, 0) is 12.1 Å². The molecule has 0 saturated heterocycles. The highest BCUT2D eigenvalue weighted by atomic mass is 32.1. The van der Waals surface area contributed by atoms with Crippen molar-refractivity contribution in [2.75, 3.05) is 0 Å². The SMILES string of the molecule is c1cc2nc(-c3cnc4ncsc4c3)sc2cn1. The number of aromatic nitrogens is 4. The van der Waals surface area contributed by atoms with E-state index in [1.165, 1.54) is 0 Å². The standard InChI is InChI=1S/C12H6N4S2/c1-2-13-5-10-8(1)16-12(18-10)7-3-9-11(14-4-7)15-6-17-9/h1-6H. The van der Waals surface area contributed by atoms with Crippen LogP contribution in [0.15, 0.2) is 36.2 Å². The van der Waals surface area contributed by atoms with Crippen molar-refractivity contribution in [2.24, 2.45) is 0 Å². The maximum atomic E-state index is 4.60. The molecule has 4 rings (SSSR count). The zero-order valence-corrected chi connectivity index (χ0v) is 10.7. The molecule has 0 amide bonds. The molecule has 0 bridgehead atoms. The van der Waals surface area contributed by atoms with E-state index in [2.05, 4.69) is 26.0 Å². The Hall–Kier alpha value is -1.92. The van der Waals surface area contributed by atoms with Gasteiger partial charge in [0.1, 0.15) is 5.01 Å². The van der Waals surface area contributed by atoms with Gasteiger partial charge in [-0.15, -0.1) is 22.7 Å². The summed E-state index contributed by atoms with van der Waals surface area (Å²) in [6.45, 7) is 0. The first-order valence-electron chi connectivity index (χ1n) is 5.30. The van der Waals surface area contributed by atoms with E-state index in [0.717, 1.165) is 31.1 Å². The fourth-order valence-electron chi connectivity index (χ4n) is 1.77. The summed E-state index contributed by atoms with van der Waals surface area (Å²) in [5.74, 6) is 0. The lowest BCUT2D eigenvalue weighted by Gasteiger charge is -1.94. The molecule has 0 unspecified atom stereocenters. The smallest absolute Gasteiger partial charge is 0.170 e. The van der Waals surface area contributed by atoms with Gasteiger partial charge in [-0.2, -0.15) is 0 Å². The van der Waals surface area contributed by atoms with Crippen molar-refractivity contribution in [1.82, 2.24) is 19.9 Å². The zero-order valence-electron chi connectivity index (χ0n) is 9.07. The van der Waals surface area contributed by atoms with Gasteiger partial charge in [0.2, 0.25) is 0 Å². The molecule has 0 atom stereocenters. The van der Waals surface area contributed by atoms with Gasteiger partial charge in [0.05, 0.1) is 20.4 Å². The lowest BCUT2D eigenvalue weighted by molar-refractivity contribution is 1.32. The molecule has 4 heterocycles. The second kappa shape index (κ2) is 3.79. The fourth-order valence-corrected chi connectivity index (χ4v) is 3.36. The van der Waals surface area contributed by atoms with Crippen molar-refractivity contribution < 1.29 is 0 Å². The van der Waals surface area contributed by atoms with E-state index >= 15 is 0 Å². The first-order chi connectivity index (χ1) is 8.90. The van der Waals surface area contributed by atoms with Gasteiger partial charge in [0, 0.05) is 24.2 Å². The summed E-state index contributed by atoms with van der Waals surface area (Å²) in [7, 11) is 0. The number of rotatable bonds is 1. The third kappa shape index (κ3) is 1.50. The van der Waals surface area contributed by atoms with E-state index in [1.807, 2.05) is 24.0 Å². The Balaban J connectivity index is 1.94. The Morgan fingerprint density at radius 1 is 1.06 bits per heavy atom. The van der Waals surface area contributed by atoms with Gasteiger partial charge in [0.25, 0.3) is 0 Å². The van der Waals surface area contributed by atoms with Crippen LogP contribution in [-0.4, -0.2) is 19.9 Å². The van der Waals surface area contributed by atoms with E-state index in [4.69, 9.17) is 0 Å². The minimum Gasteiger partial charge on any atom is -0.263 e. The molecule has 4 aromatic heterocycles. The topological polar surface area (TPSA) is 51.6 Å². The van der Waals surface area contributed by atoms with Crippen LogP contribution in [0.5, 0.6) is 0 Å². The Morgan fingerprint density at radius 3 is 3.00 bits per heavy atom. The van der Waals surface area contributed by atoms with Crippen LogP contribution < -0.4 is 0 Å². The largest absolute Gasteiger partial charge is 0.263 e. The summed E-state index contributed by atoms with van der Waals surface area (Å²) < 4.78 is 2.18. The molecule has 0 radical (unpaired) electrons. The average molecular weight is 270 g/mol. The summed E-state index contributed by atoms with van der Waals surface area (Å²) in [5.41, 5.74) is 4.62. The Kier molecular flexibility index (Phi) is 2.12. The van der Waals surface area contributed by atoms with Gasteiger partial charge in [0.15, 0.2) is 5.65 Å². The molecule has 0 aliphatic rings. The van der Waals surface area contributed by atoms with Crippen LogP contribution in [0.2, 0.25) is 0 Å². The molecule has 0 aliphatic carbocycles. The Bertz CT molecular complexity index is 816. The number of fused-ring (bicyclic) bond motifs is 2. The van der Waals surface area contributed by atoms with Gasteiger partial charge in [-0.25, -0.2) is 15.0 Å². The van der Waals surface area contributed by atoms with Gasteiger partial charge in [-0.1, -0.05) is 0 Å². The Labute approximate surface area is 110 Å². The van der Waals surface area contributed by atoms with Crippen LogP contribution in [-0.2, 0) is 0 Å². The lowest BCUT2D eigenvalue weighted by Crippen LogP contribution is -1.79. The quantitative estimate of drug-likeness (QED) is 0.532. The van der Waals surface area contributed by atoms with Gasteiger partial charge < -0.3 is 0 Å². The van der Waals surface area contributed by atoms with Crippen LogP contribution in [0, 0.1) is 0 Å². The highest BCUT2D eigenvalue weighted by Crippen LogP contribution is 2.31. The van der Waals surface area contributed by atoms with Gasteiger partial charge in [-0.3, -0.25) is 4.98 Å². The van der Waals surface area contributed by atoms with E-state index in [1.54, 1.807) is 28.9 Å². The summed E-state index contributed by atoms with van der Waals surface area (Å²) >= 11 is 3.23. The summed E-state index contributed by atoms with van der Waals surface area (Å²) in [5, 5.41) is 0.973. The van der Waals surface area contributed by atoms with Crippen molar-refractivity contribution >= 4 is 43.2 Å². The number of hydrogen-bond acceptors (Lipinski definition) is 6. The van der Waals surface area contributed by atoms with Crippen LogP contribution in [0.3, 0.4) is 0 Å². The fraction of sp³-hybridized carbons (Fsp3) is 0. The minimum absolute atomic E-state index is 0.798. The van der Waals surface area contributed by atoms with E-state index < -0.39 is 0 Å². The molecule has 6 heteroatoms.